The maximum atomic E-state index is 14.3. The normalized spacial score (nSPS) is 11.7. The number of benzene rings is 4. The van der Waals surface area contributed by atoms with Gasteiger partial charge in [0.05, 0.1) is 17.7 Å². The molecule has 242 valence electrons. The number of sulfonamides is 1. The predicted octanol–water partition coefficient (Wildman–Crippen LogP) is 6.41. The van der Waals surface area contributed by atoms with Crippen LogP contribution >= 0.6 is 0 Å². The molecule has 0 spiro atoms. The number of nitrogens with zero attached hydrogens (tertiary/aromatic N) is 2. The molecule has 0 radical (unpaired) electrons. The molecule has 0 aromatic heterocycles. The summed E-state index contributed by atoms with van der Waals surface area (Å²) in [4.78, 5) is 29.1. The number of unbranched alkanes of at least 4 members (excludes halogenated alkanes) is 1. The van der Waals surface area contributed by atoms with E-state index in [2.05, 4.69) is 5.32 Å². The van der Waals surface area contributed by atoms with Gasteiger partial charge in [-0.3, -0.25) is 13.9 Å². The van der Waals surface area contributed by atoms with E-state index in [1.165, 1.54) is 17.0 Å². The van der Waals surface area contributed by atoms with Crippen molar-refractivity contribution < 1.29 is 27.5 Å². The molecule has 9 nitrogen and oxygen atoms in total. The fourth-order valence-electron chi connectivity index (χ4n) is 4.91. The second kappa shape index (κ2) is 16.5. The van der Waals surface area contributed by atoms with E-state index >= 15 is 0 Å². The molecule has 0 aliphatic rings. The zero-order valence-electron chi connectivity index (χ0n) is 26.5. The van der Waals surface area contributed by atoms with Gasteiger partial charge in [0.15, 0.2) is 0 Å². The summed E-state index contributed by atoms with van der Waals surface area (Å²) in [5, 5.41) is 2.94. The molecule has 1 N–H and O–H groups in total. The quantitative estimate of drug-likeness (QED) is 0.142. The summed E-state index contributed by atoms with van der Waals surface area (Å²) in [6, 6.07) is 30.1. The maximum absolute atomic E-state index is 14.3. The van der Waals surface area contributed by atoms with Gasteiger partial charge in [0.2, 0.25) is 11.8 Å². The molecule has 4 aromatic carbocycles. The Morgan fingerprint density at radius 1 is 0.783 bits per heavy atom. The van der Waals surface area contributed by atoms with Crippen molar-refractivity contribution in [1.29, 1.82) is 0 Å². The van der Waals surface area contributed by atoms with E-state index in [9.17, 15) is 18.0 Å². The van der Waals surface area contributed by atoms with Crippen LogP contribution in [0.3, 0.4) is 0 Å². The summed E-state index contributed by atoms with van der Waals surface area (Å²) >= 11 is 0. The largest absolute Gasteiger partial charge is 0.497 e. The van der Waals surface area contributed by atoms with Crippen LogP contribution in [0.25, 0.3) is 0 Å². The zero-order chi connectivity index (χ0) is 32.9. The van der Waals surface area contributed by atoms with Crippen LogP contribution in [0.4, 0.5) is 5.69 Å². The first-order chi connectivity index (χ1) is 22.3. The number of methoxy groups -OCH3 is 1. The molecule has 0 bridgehead atoms. The van der Waals surface area contributed by atoms with E-state index in [0.717, 1.165) is 22.7 Å². The van der Waals surface area contributed by atoms with E-state index in [0.29, 0.717) is 30.2 Å². The zero-order valence-corrected chi connectivity index (χ0v) is 27.3. The Balaban J connectivity index is 1.69. The summed E-state index contributed by atoms with van der Waals surface area (Å²) in [6.07, 6.45) is 2.06. The number of amides is 2. The molecule has 4 aromatic rings. The van der Waals surface area contributed by atoms with Gasteiger partial charge >= 0.3 is 0 Å². The number of para-hydroxylation sites is 1. The monoisotopic (exact) mass is 643 g/mol. The molecule has 4 rings (SSSR count). The average Bonchev–Trinajstić information content (AvgIpc) is 3.08. The average molecular weight is 644 g/mol. The predicted molar refractivity (Wildman–Crippen MR) is 179 cm³/mol. The van der Waals surface area contributed by atoms with Gasteiger partial charge in [-0.25, -0.2) is 8.42 Å². The Kier molecular flexibility index (Phi) is 12.2. The third-order valence-electron chi connectivity index (χ3n) is 7.44. The van der Waals surface area contributed by atoms with Crippen LogP contribution < -0.4 is 19.1 Å². The lowest BCUT2D eigenvalue weighted by Gasteiger charge is -2.33. The first kappa shape index (κ1) is 34.1. The maximum Gasteiger partial charge on any atom is 0.264 e. The standard InChI is InChI=1S/C36H41N3O6S/c1-4-6-25-37-36(41)34(5-2)38(26-28-17-21-30(44-3)22-18-28)35(40)27-39(46(42,43)33-15-11-8-12-16-33)29-19-23-32(24-20-29)45-31-13-9-7-10-14-31/h7-24,34H,4-6,25-27H2,1-3H3,(H,37,41)/t34-/m0/s1. The van der Waals surface area contributed by atoms with Crippen molar-refractivity contribution in [3.63, 3.8) is 0 Å². The van der Waals surface area contributed by atoms with E-state index in [-0.39, 0.29) is 23.0 Å². The summed E-state index contributed by atoms with van der Waals surface area (Å²) in [6.45, 7) is 3.94. The van der Waals surface area contributed by atoms with Crippen LogP contribution in [-0.4, -0.2) is 51.4 Å². The second-order valence-electron chi connectivity index (χ2n) is 10.7. The lowest BCUT2D eigenvalue weighted by Crippen LogP contribution is -2.52. The molecule has 0 unspecified atom stereocenters. The van der Waals surface area contributed by atoms with Gasteiger partial charge in [0.25, 0.3) is 10.0 Å². The van der Waals surface area contributed by atoms with E-state index in [1.54, 1.807) is 61.7 Å². The third kappa shape index (κ3) is 8.88. The van der Waals surface area contributed by atoms with Crippen LogP contribution in [0.5, 0.6) is 17.2 Å². The Hall–Kier alpha value is -4.83. The fraction of sp³-hybridized carbons (Fsp3) is 0.278. The van der Waals surface area contributed by atoms with Crippen LogP contribution in [0.1, 0.15) is 38.7 Å². The molecular formula is C36H41N3O6S. The van der Waals surface area contributed by atoms with Gasteiger partial charge in [-0.05, 0) is 79.1 Å². The van der Waals surface area contributed by atoms with Gasteiger partial charge in [-0.15, -0.1) is 0 Å². The molecule has 46 heavy (non-hydrogen) atoms. The summed E-state index contributed by atoms with van der Waals surface area (Å²) < 4.78 is 40.4. The number of hydrogen-bond donors (Lipinski definition) is 1. The highest BCUT2D eigenvalue weighted by Gasteiger charge is 2.33. The summed E-state index contributed by atoms with van der Waals surface area (Å²) in [7, 11) is -2.61. The topological polar surface area (TPSA) is 105 Å². The van der Waals surface area contributed by atoms with Crippen molar-refractivity contribution in [2.24, 2.45) is 0 Å². The number of rotatable bonds is 16. The van der Waals surface area contributed by atoms with E-state index in [1.807, 2.05) is 56.3 Å². The number of carbonyl (C=O) groups is 2. The Morgan fingerprint density at radius 2 is 1.37 bits per heavy atom. The highest BCUT2D eigenvalue weighted by Crippen LogP contribution is 2.29. The molecule has 1 atom stereocenters. The van der Waals surface area contributed by atoms with Crippen molar-refractivity contribution in [2.75, 3.05) is 24.5 Å². The SMILES string of the molecule is CCCCNC(=O)[C@H](CC)N(Cc1ccc(OC)cc1)C(=O)CN(c1ccc(Oc2ccccc2)cc1)S(=O)(=O)c1ccccc1. The first-order valence-corrected chi connectivity index (χ1v) is 16.8. The molecule has 0 saturated heterocycles. The lowest BCUT2D eigenvalue weighted by molar-refractivity contribution is -0.140. The number of nitrogens with one attached hydrogen (secondary N) is 1. The van der Waals surface area contributed by atoms with Gasteiger partial charge in [0, 0.05) is 13.1 Å². The van der Waals surface area contributed by atoms with Gasteiger partial charge in [-0.1, -0.05) is 68.8 Å². The van der Waals surface area contributed by atoms with Crippen LogP contribution in [0.15, 0.2) is 114 Å². The molecule has 0 heterocycles. The summed E-state index contributed by atoms with van der Waals surface area (Å²) in [5.74, 6) is 1.01. The molecular weight excluding hydrogens is 602 g/mol. The van der Waals surface area contributed by atoms with E-state index in [4.69, 9.17) is 9.47 Å². The van der Waals surface area contributed by atoms with E-state index < -0.39 is 28.5 Å². The van der Waals surface area contributed by atoms with Gasteiger partial charge in [-0.2, -0.15) is 0 Å². The highest BCUT2D eigenvalue weighted by molar-refractivity contribution is 7.92. The van der Waals surface area contributed by atoms with Crippen molar-refractivity contribution in [2.45, 2.75) is 50.6 Å². The third-order valence-corrected chi connectivity index (χ3v) is 9.23. The minimum atomic E-state index is -4.18. The van der Waals surface area contributed by atoms with Crippen LogP contribution in [-0.2, 0) is 26.2 Å². The second-order valence-corrected chi connectivity index (χ2v) is 12.5. The van der Waals surface area contributed by atoms with Crippen molar-refractivity contribution in [3.05, 3.63) is 115 Å². The minimum absolute atomic E-state index is 0.0402. The number of carbonyl (C=O) groups excluding carboxylic acids is 2. The Morgan fingerprint density at radius 3 is 1.96 bits per heavy atom. The molecule has 0 aliphatic heterocycles. The molecule has 2 amide bonds. The first-order valence-electron chi connectivity index (χ1n) is 15.4. The smallest absolute Gasteiger partial charge is 0.264 e. The van der Waals surface area contributed by atoms with Crippen LogP contribution in [0, 0.1) is 0 Å². The Bertz CT molecular complexity index is 1650. The van der Waals surface area contributed by atoms with Crippen molar-refractivity contribution in [1.82, 2.24) is 10.2 Å². The van der Waals surface area contributed by atoms with Gasteiger partial charge < -0.3 is 19.7 Å². The van der Waals surface area contributed by atoms with Gasteiger partial charge in [0.1, 0.15) is 29.8 Å². The molecule has 10 heteroatoms. The molecule has 0 fully saturated rings. The van der Waals surface area contributed by atoms with Crippen molar-refractivity contribution in [3.8, 4) is 17.2 Å². The summed E-state index contributed by atoms with van der Waals surface area (Å²) in [5.41, 5.74) is 1.05. The Labute approximate surface area is 271 Å². The van der Waals surface area contributed by atoms with Crippen molar-refractivity contribution >= 4 is 27.5 Å². The number of anilines is 1. The number of hydrogen-bond acceptors (Lipinski definition) is 6. The highest BCUT2D eigenvalue weighted by atomic mass is 32.2. The minimum Gasteiger partial charge on any atom is -0.497 e. The molecule has 0 saturated carbocycles. The number of ether oxygens (including phenoxy) is 2. The fourth-order valence-corrected chi connectivity index (χ4v) is 6.34. The molecule has 0 aliphatic carbocycles. The lowest BCUT2D eigenvalue weighted by atomic mass is 10.1. The van der Waals surface area contributed by atoms with Crippen LogP contribution in [0.2, 0.25) is 0 Å².